The van der Waals surface area contributed by atoms with Gasteiger partial charge in [0.15, 0.2) is 0 Å². The smallest absolute Gasteiger partial charge is 0.220 e. The lowest BCUT2D eigenvalue weighted by atomic mass is 10.0. The number of nitrogens with one attached hydrogen (secondary N) is 1. The second-order valence-corrected chi connectivity index (χ2v) is 21.8. The Kier molecular flexibility index (Phi) is 62.8. The van der Waals surface area contributed by atoms with Gasteiger partial charge in [-0.1, -0.05) is 322 Å². The molecule has 0 fully saturated rings. The van der Waals surface area contributed by atoms with Gasteiger partial charge in [-0.15, -0.1) is 0 Å². The molecule has 0 spiro atoms. The van der Waals surface area contributed by atoms with E-state index in [1.807, 2.05) is 6.08 Å². The highest BCUT2D eigenvalue weighted by Crippen LogP contribution is 2.17. The molecule has 0 bridgehead atoms. The number of unbranched alkanes of at least 4 members (excludes halogenated alkanes) is 36. The number of hydrogen-bond donors (Lipinski definition) is 3. The van der Waals surface area contributed by atoms with E-state index in [0.717, 1.165) is 77.0 Å². The summed E-state index contributed by atoms with van der Waals surface area (Å²) >= 11 is 0. The van der Waals surface area contributed by atoms with Crippen molar-refractivity contribution in [1.82, 2.24) is 5.32 Å². The van der Waals surface area contributed by atoms with Crippen LogP contribution in [0.2, 0.25) is 0 Å². The molecule has 0 aromatic carbocycles. The molecule has 0 aliphatic carbocycles. The molecule has 2 atom stereocenters. The van der Waals surface area contributed by atoms with Gasteiger partial charge < -0.3 is 15.5 Å². The van der Waals surface area contributed by atoms with Crippen LogP contribution >= 0.6 is 0 Å². The Balaban J connectivity index is 3.52. The van der Waals surface area contributed by atoms with Gasteiger partial charge in [-0.3, -0.25) is 4.79 Å². The quantitative estimate of drug-likeness (QED) is 0.0420. The first-order chi connectivity index (χ1) is 37.2. The molecule has 0 saturated carbocycles. The van der Waals surface area contributed by atoms with Crippen LogP contribution in [-0.4, -0.2) is 34.9 Å². The Morgan fingerprint density at radius 1 is 0.333 bits per heavy atom. The van der Waals surface area contributed by atoms with Crippen molar-refractivity contribution in [2.75, 3.05) is 6.61 Å². The Morgan fingerprint density at radius 3 is 0.933 bits per heavy atom. The first-order valence-corrected chi connectivity index (χ1v) is 32.6. The van der Waals surface area contributed by atoms with Crippen molar-refractivity contribution >= 4 is 5.91 Å². The second kappa shape index (κ2) is 65.3. The van der Waals surface area contributed by atoms with Crippen molar-refractivity contribution in [3.05, 3.63) is 109 Å². The standard InChI is InChI=1S/C71H125NO3/c1-3-5-7-9-11-13-15-17-19-21-23-25-27-29-30-31-32-33-34-35-36-37-38-39-40-41-42-43-45-47-49-51-53-55-57-59-61-63-65-67-71(75)72-69(68-73)70(74)66-64-62-60-58-56-54-52-50-48-46-44-28-26-24-22-20-18-16-14-12-10-8-6-4-2/h5,7,11,13,17,19,23,25,29-30,32-33,48,50,56,58,64,66,69-70,73-74H,3-4,6,8-10,12,14-16,18,20-22,24,26-28,31,34-47,49,51-55,57,59-63,65,67-68H2,1-2H3,(H,72,75)/b7-5-,13-11-,19-17-,25-23-,30-29-,33-32-,50-48+,58-56+,66-64+. The van der Waals surface area contributed by atoms with Crippen molar-refractivity contribution in [1.29, 1.82) is 0 Å². The number of aliphatic hydroxyl groups is 2. The molecule has 0 heterocycles. The summed E-state index contributed by atoms with van der Waals surface area (Å²) in [6.45, 7) is 4.20. The number of aliphatic hydroxyl groups excluding tert-OH is 2. The maximum atomic E-state index is 12.5. The lowest BCUT2D eigenvalue weighted by Gasteiger charge is -2.19. The first kappa shape index (κ1) is 72.0. The maximum Gasteiger partial charge on any atom is 0.220 e. The average Bonchev–Trinajstić information content (AvgIpc) is 3.41. The van der Waals surface area contributed by atoms with Crippen LogP contribution in [0.15, 0.2) is 109 Å². The Bertz CT molecular complexity index is 1410. The summed E-state index contributed by atoms with van der Waals surface area (Å²) in [5, 5.41) is 23.2. The van der Waals surface area contributed by atoms with Crippen molar-refractivity contribution in [3.8, 4) is 0 Å². The van der Waals surface area contributed by atoms with Gasteiger partial charge in [-0.05, 0) is 96.3 Å². The van der Waals surface area contributed by atoms with Gasteiger partial charge in [0.05, 0.1) is 18.8 Å². The van der Waals surface area contributed by atoms with Crippen molar-refractivity contribution in [3.63, 3.8) is 0 Å². The van der Waals surface area contributed by atoms with E-state index in [1.54, 1.807) is 6.08 Å². The van der Waals surface area contributed by atoms with E-state index in [-0.39, 0.29) is 12.5 Å². The zero-order valence-corrected chi connectivity index (χ0v) is 49.8. The highest BCUT2D eigenvalue weighted by Gasteiger charge is 2.18. The molecule has 0 aliphatic rings. The number of amides is 1. The highest BCUT2D eigenvalue weighted by molar-refractivity contribution is 5.76. The number of carbonyl (C=O) groups is 1. The summed E-state index contributed by atoms with van der Waals surface area (Å²) < 4.78 is 0. The van der Waals surface area contributed by atoms with E-state index in [4.69, 9.17) is 0 Å². The predicted molar refractivity (Wildman–Crippen MR) is 336 cm³/mol. The Morgan fingerprint density at radius 2 is 0.600 bits per heavy atom. The maximum absolute atomic E-state index is 12.5. The summed E-state index contributed by atoms with van der Waals surface area (Å²) in [5.41, 5.74) is 0. The molecule has 2 unspecified atom stereocenters. The lowest BCUT2D eigenvalue weighted by Crippen LogP contribution is -2.45. The third-order valence-corrected chi connectivity index (χ3v) is 14.5. The van der Waals surface area contributed by atoms with Crippen molar-refractivity contribution in [2.45, 2.75) is 328 Å². The fraction of sp³-hybridized carbons (Fsp3) is 0.732. The van der Waals surface area contributed by atoms with Gasteiger partial charge in [0.25, 0.3) is 0 Å². The minimum absolute atomic E-state index is 0.0762. The largest absolute Gasteiger partial charge is 0.394 e. The fourth-order valence-corrected chi connectivity index (χ4v) is 9.57. The van der Waals surface area contributed by atoms with Crippen LogP contribution in [0.4, 0.5) is 0 Å². The van der Waals surface area contributed by atoms with E-state index in [9.17, 15) is 15.0 Å². The molecule has 4 heteroatoms. The van der Waals surface area contributed by atoms with Crippen molar-refractivity contribution < 1.29 is 15.0 Å². The van der Waals surface area contributed by atoms with Crippen molar-refractivity contribution in [2.24, 2.45) is 0 Å². The van der Waals surface area contributed by atoms with Crippen LogP contribution in [0.1, 0.15) is 316 Å². The van der Waals surface area contributed by atoms with Crippen LogP contribution in [0.3, 0.4) is 0 Å². The van der Waals surface area contributed by atoms with E-state index >= 15 is 0 Å². The van der Waals surface area contributed by atoms with Crippen LogP contribution in [-0.2, 0) is 4.79 Å². The third-order valence-electron chi connectivity index (χ3n) is 14.5. The molecule has 0 aliphatic heterocycles. The Labute approximate surface area is 467 Å². The topological polar surface area (TPSA) is 69.6 Å². The van der Waals surface area contributed by atoms with Gasteiger partial charge in [-0.2, -0.15) is 0 Å². The van der Waals surface area contributed by atoms with Crippen LogP contribution in [0.5, 0.6) is 0 Å². The lowest BCUT2D eigenvalue weighted by molar-refractivity contribution is -0.123. The molecule has 0 aromatic rings. The molecule has 1 amide bonds. The normalized spacial score (nSPS) is 13.5. The van der Waals surface area contributed by atoms with E-state index < -0.39 is 12.1 Å². The Hall–Kier alpha value is -2.95. The molecule has 0 radical (unpaired) electrons. The van der Waals surface area contributed by atoms with Gasteiger partial charge in [-0.25, -0.2) is 0 Å². The summed E-state index contributed by atoms with van der Waals surface area (Å²) in [4.78, 5) is 12.5. The van der Waals surface area contributed by atoms with E-state index in [0.29, 0.717) is 6.42 Å². The first-order valence-electron chi connectivity index (χ1n) is 32.6. The van der Waals surface area contributed by atoms with E-state index in [1.165, 1.54) is 218 Å². The minimum Gasteiger partial charge on any atom is -0.394 e. The van der Waals surface area contributed by atoms with Gasteiger partial charge in [0, 0.05) is 6.42 Å². The van der Waals surface area contributed by atoms with Crippen LogP contribution in [0, 0.1) is 0 Å². The third kappa shape index (κ3) is 61.8. The molecule has 0 aromatic heterocycles. The second-order valence-electron chi connectivity index (χ2n) is 21.8. The SMILES string of the molecule is CC/C=C\C/C=C\C/C=C\C/C=C\C/C=C\C/C=C\CCCCCCCCCCCCCCCCCCCCCCC(=O)NC(CO)C(O)/C=C/CC/C=C/CC/C=C/CCCCCCCCCCCCCCCC. The molecule has 432 valence electrons. The predicted octanol–water partition coefficient (Wildman–Crippen LogP) is 22.2. The molecule has 0 saturated heterocycles. The number of rotatable bonds is 59. The molecule has 0 rings (SSSR count). The summed E-state index contributed by atoms with van der Waals surface area (Å²) in [6.07, 6.45) is 98.6. The zero-order valence-electron chi connectivity index (χ0n) is 49.8. The van der Waals surface area contributed by atoms with Gasteiger partial charge in [0.2, 0.25) is 5.91 Å². The van der Waals surface area contributed by atoms with Gasteiger partial charge in [0.1, 0.15) is 0 Å². The monoisotopic (exact) mass is 1040 g/mol. The van der Waals surface area contributed by atoms with E-state index in [2.05, 4.69) is 116 Å². The number of allylic oxidation sites excluding steroid dienone is 17. The molecule has 3 N–H and O–H groups in total. The molecule has 4 nitrogen and oxygen atoms in total. The average molecular weight is 1040 g/mol. The number of carbonyl (C=O) groups excluding carboxylic acids is 1. The van der Waals surface area contributed by atoms with Crippen LogP contribution in [0.25, 0.3) is 0 Å². The summed E-state index contributed by atoms with van der Waals surface area (Å²) in [7, 11) is 0. The summed E-state index contributed by atoms with van der Waals surface area (Å²) in [6, 6.07) is -0.651. The summed E-state index contributed by atoms with van der Waals surface area (Å²) in [5.74, 6) is -0.0762. The van der Waals surface area contributed by atoms with Crippen LogP contribution < -0.4 is 5.32 Å². The number of hydrogen-bond acceptors (Lipinski definition) is 3. The molecular weight excluding hydrogens is 915 g/mol. The minimum atomic E-state index is -0.875. The fourth-order valence-electron chi connectivity index (χ4n) is 9.57. The molecule has 75 heavy (non-hydrogen) atoms. The molecular formula is C71H125NO3. The van der Waals surface area contributed by atoms with Gasteiger partial charge >= 0.3 is 0 Å². The zero-order chi connectivity index (χ0) is 54.1. The highest BCUT2D eigenvalue weighted by atomic mass is 16.3.